The predicted molar refractivity (Wildman–Crippen MR) is 87.2 cm³/mol. The van der Waals surface area contributed by atoms with Crippen molar-refractivity contribution in [2.24, 2.45) is 29.0 Å². The van der Waals surface area contributed by atoms with E-state index in [0.717, 1.165) is 6.42 Å². The van der Waals surface area contributed by atoms with E-state index in [9.17, 15) is 19.5 Å². The van der Waals surface area contributed by atoms with E-state index in [-0.39, 0.29) is 24.8 Å². The standard InChI is InChI=1S/C13H24N4O4.C2H6/c1-7-2-3-8(13(16,5-7)12(20)21)6-17-11(19)9(14)4-10(15)18;1-2/h7-9H,2-6,14,16H2,1H3,(H2,15,18)(H,17,19)(H,20,21);1-2H3/t7-,8?,9?,13-;/m1./s1. The fourth-order valence-corrected chi connectivity index (χ4v) is 2.80. The Kier molecular flexibility index (Phi) is 8.78. The Morgan fingerprint density at radius 2 is 1.87 bits per heavy atom. The summed E-state index contributed by atoms with van der Waals surface area (Å²) in [7, 11) is 0. The molecule has 1 aliphatic rings. The van der Waals surface area contributed by atoms with Crippen LogP contribution in [0.15, 0.2) is 0 Å². The van der Waals surface area contributed by atoms with Gasteiger partial charge in [0.15, 0.2) is 0 Å². The van der Waals surface area contributed by atoms with E-state index >= 15 is 0 Å². The Balaban J connectivity index is 0.00000232. The van der Waals surface area contributed by atoms with Crippen LogP contribution in [0.4, 0.5) is 0 Å². The minimum atomic E-state index is -1.35. The second-order valence-corrected chi connectivity index (χ2v) is 5.95. The molecule has 0 bridgehead atoms. The van der Waals surface area contributed by atoms with Crippen molar-refractivity contribution < 1.29 is 19.5 Å². The Hall–Kier alpha value is -1.67. The molecule has 0 heterocycles. The molecule has 0 radical (unpaired) electrons. The third kappa shape index (κ3) is 6.15. The molecule has 23 heavy (non-hydrogen) atoms. The summed E-state index contributed by atoms with van der Waals surface area (Å²) in [5.41, 5.74) is 15.2. The summed E-state index contributed by atoms with van der Waals surface area (Å²) in [6.45, 7) is 6.09. The van der Waals surface area contributed by atoms with Crippen molar-refractivity contribution in [1.29, 1.82) is 0 Å². The molecule has 2 amide bonds. The number of carbonyl (C=O) groups excluding carboxylic acids is 2. The van der Waals surface area contributed by atoms with Crippen LogP contribution in [0.2, 0.25) is 0 Å². The first-order valence-corrected chi connectivity index (χ1v) is 8.00. The molecule has 0 aliphatic heterocycles. The quantitative estimate of drug-likeness (QED) is 0.443. The molecule has 4 atom stereocenters. The fourth-order valence-electron chi connectivity index (χ4n) is 2.80. The van der Waals surface area contributed by atoms with Crippen LogP contribution >= 0.6 is 0 Å². The Labute approximate surface area is 137 Å². The number of hydrogen-bond donors (Lipinski definition) is 5. The van der Waals surface area contributed by atoms with Crippen LogP contribution in [0.25, 0.3) is 0 Å². The van der Waals surface area contributed by atoms with Crippen molar-refractivity contribution in [3.63, 3.8) is 0 Å². The molecule has 2 unspecified atom stereocenters. The van der Waals surface area contributed by atoms with Gasteiger partial charge in [0.1, 0.15) is 5.54 Å². The lowest BCUT2D eigenvalue weighted by Crippen LogP contribution is -2.60. The third-order valence-electron chi connectivity index (χ3n) is 4.10. The highest BCUT2D eigenvalue weighted by Gasteiger charge is 2.46. The van der Waals surface area contributed by atoms with Gasteiger partial charge in [0, 0.05) is 12.5 Å². The van der Waals surface area contributed by atoms with E-state index in [1.165, 1.54) is 0 Å². The van der Waals surface area contributed by atoms with Crippen molar-refractivity contribution in [1.82, 2.24) is 5.32 Å². The zero-order valence-electron chi connectivity index (χ0n) is 14.2. The lowest BCUT2D eigenvalue weighted by molar-refractivity contribution is -0.148. The molecule has 8 heteroatoms. The summed E-state index contributed by atoms with van der Waals surface area (Å²) in [6, 6.07) is -1.03. The fraction of sp³-hybridized carbons (Fsp3) is 0.800. The summed E-state index contributed by atoms with van der Waals surface area (Å²) >= 11 is 0. The highest BCUT2D eigenvalue weighted by atomic mass is 16.4. The number of hydrogen-bond acceptors (Lipinski definition) is 5. The first-order chi connectivity index (χ1) is 10.7. The Morgan fingerprint density at radius 3 is 2.35 bits per heavy atom. The van der Waals surface area contributed by atoms with Crippen molar-refractivity contribution in [2.45, 2.75) is 58.0 Å². The van der Waals surface area contributed by atoms with Crippen LogP contribution in [0.1, 0.15) is 46.5 Å². The maximum atomic E-state index is 11.7. The zero-order chi connectivity index (χ0) is 18.2. The highest BCUT2D eigenvalue weighted by molar-refractivity contribution is 5.87. The molecule has 0 aromatic carbocycles. The molecular weight excluding hydrogens is 300 g/mol. The van der Waals surface area contributed by atoms with Crippen LogP contribution in [0.5, 0.6) is 0 Å². The smallest absolute Gasteiger partial charge is 0.324 e. The molecule has 0 aromatic heterocycles. The van der Waals surface area contributed by atoms with Gasteiger partial charge in [-0.05, 0) is 18.8 Å². The number of nitrogens with one attached hydrogen (secondary N) is 1. The number of primary amides is 1. The van der Waals surface area contributed by atoms with Crippen molar-refractivity contribution in [3.05, 3.63) is 0 Å². The van der Waals surface area contributed by atoms with Gasteiger partial charge in [0.25, 0.3) is 0 Å². The minimum absolute atomic E-state index is 0.126. The molecule has 8 nitrogen and oxygen atoms in total. The maximum absolute atomic E-state index is 11.7. The molecule has 1 fully saturated rings. The van der Waals surface area contributed by atoms with Crippen molar-refractivity contribution in [2.75, 3.05) is 6.54 Å². The Morgan fingerprint density at radius 1 is 1.30 bits per heavy atom. The molecule has 0 spiro atoms. The van der Waals surface area contributed by atoms with Gasteiger partial charge in [-0.25, -0.2) is 0 Å². The largest absolute Gasteiger partial charge is 0.480 e. The van der Waals surface area contributed by atoms with Gasteiger partial charge in [-0.15, -0.1) is 0 Å². The number of nitrogens with two attached hydrogens (primary N) is 3. The van der Waals surface area contributed by atoms with Gasteiger partial charge in [-0.1, -0.05) is 27.2 Å². The highest BCUT2D eigenvalue weighted by Crippen LogP contribution is 2.35. The normalized spacial score (nSPS) is 28.0. The molecule has 0 aromatic rings. The van der Waals surface area contributed by atoms with Gasteiger partial charge in [0.2, 0.25) is 11.8 Å². The van der Waals surface area contributed by atoms with Crippen LogP contribution in [0, 0.1) is 11.8 Å². The second kappa shape index (κ2) is 9.46. The van der Waals surface area contributed by atoms with Gasteiger partial charge in [-0.3, -0.25) is 14.4 Å². The van der Waals surface area contributed by atoms with Crippen LogP contribution in [-0.4, -0.2) is 41.0 Å². The van der Waals surface area contributed by atoms with Crippen LogP contribution < -0.4 is 22.5 Å². The monoisotopic (exact) mass is 330 g/mol. The second-order valence-electron chi connectivity index (χ2n) is 5.95. The number of aliphatic carboxylic acids is 1. The summed E-state index contributed by atoms with van der Waals surface area (Å²) in [6.07, 6.45) is 1.60. The molecular formula is C15H30N4O4. The summed E-state index contributed by atoms with van der Waals surface area (Å²) in [5.74, 6) is -2.39. The van der Waals surface area contributed by atoms with E-state index in [1.54, 1.807) is 0 Å². The van der Waals surface area contributed by atoms with E-state index in [0.29, 0.717) is 12.8 Å². The Bertz CT molecular complexity index is 430. The first-order valence-electron chi connectivity index (χ1n) is 8.00. The SMILES string of the molecule is CC.C[C@@H]1CCC(CNC(=O)C(N)CC(N)=O)[C@@](N)(C(=O)O)C1. The number of carbonyl (C=O) groups is 3. The first kappa shape index (κ1) is 21.3. The van der Waals surface area contributed by atoms with E-state index in [2.05, 4.69) is 5.32 Å². The summed E-state index contributed by atoms with van der Waals surface area (Å²) < 4.78 is 0. The number of rotatable bonds is 6. The van der Waals surface area contributed by atoms with Gasteiger partial charge >= 0.3 is 5.97 Å². The summed E-state index contributed by atoms with van der Waals surface area (Å²) in [4.78, 5) is 33.9. The van der Waals surface area contributed by atoms with E-state index < -0.39 is 29.4 Å². The number of carboxylic acid groups (broad SMARTS) is 1. The zero-order valence-corrected chi connectivity index (χ0v) is 14.2. The van der Waals surface area contributed by atoms with E-state index in [4.69, 9.17) is 17.2 Å². The number of carboxylic acids is 1. The number of amides is 2. The lowest BCUT2D eigenvalue weighted by atomic mass is 9.69. The van der Waals surface area contributed by atoms with Crippen molar-refractivity contribution >= 4 is 17.8 Å². The molecule has 0 saturated heterocycles. The third-order valence-corrected chi connectivity index (χ3v) is 4.10. The average Bonchev–Trinajstić information content (AvgIpc) is 2.47. The van der Waals surface area contributed by atoms with Gasteiger partial charge < -0.3 is 27.6 Å². The average molecular weight is 330 g/mol. The maximum Gasteiger partial charge on any atom is 0.324 e. The van der Waals surface area contributed by atoms with Gasteiger partial charge in [0.05, 0.1) is 12.5 Å². The van der Waals surface area contributed by atoms with Crippen LogP contribution in [0.3, 0.4) is 0 Å². The summed E-state index contributed by atoms with van der Waals surface area (Å²) in [5, 5.41) is 11.9. The topological polar surface area (TPSA) is 162 Å². The molecule has 8 N–H and O–H groups in total. The molecule has 1 aliphatic carbocycles. The molecule has 134 valence electrons. The minimum Gasteiger partial charge on any atom is -0.480 e. The van der Waals surface area contributed by atoms with Gasteiger partial charge in [-0.2, -0.15) is 0 Å². The molecule has 1 saturated carbocycles. The van der Waals surface area contributed by atoms with Crippen molar-refractivity contribution in [3.8, 4) is 0 Å². The van der Waals surface area contributed by atoms with E-state index in [1.807, 2.05) is 20.8 Å². The molecule has 1 rings (SSSR count). The predicted octanol–water partition coefficient (Wildman–Crippen LogP) is -0.450. The van der Waals surface area contributed by atoms with Crippen LogP contribution in [-0.2, 0) is 14.4 Å². The lowest BCUT2D eigenvalue weighted by Gasteiger charge is -2.40.